The van der Waals surface area contributed by atoms with Gasteiger partial charge in [-0.05, 0) is 37.8 Å². The zero-order valence-corrected chi connectivity index (χ0v) is 14.9. The van der Waals surface area contributed by atoms with E-state index < -0.39 is 35.7 Å². The summed E-state index contributed by atoms with van der Waals surface area (Å²) in [5.41, 5.74) is 0.447. The number of aliphatic carboxylic acids is 1. The Kier molecular flexibility index (Phi) is 6.40. The van der Waals surface area contributed by atoms with Crippen molar-refractivity contribution in [2.45, 2.75) is 19.9 Å². The summed E-state index contributed by atoms with van der Waals surface area (Å²) in [5.74, 6) is -2.15. The van der Waals surface area contributed by atoms with Crippen molar-refractivity contribution in [3.05, 3.63) is 34.7 Å². The van der Waals surface area contributed by atoms with Crippen LogP contribution in [0.15, 0.2) is 29.2 Å². The number of nitrogens with zero attached hydrogens (tertiary/aromatic N) is 1. The van der Waals surface area contributed by atoms with E-state index in [4.69, 9.17) is 14.6 Å². The number of carbonyl (C=O) groups is 4. The third kappa shape index (κ3) is 4.42. The Hall–Kier alpha value is -2.81. The van der Waals surface area contributed by atoms with Gasteiger partial charge in [0.1, 0.15) is 11.8 Å². The summed E-state index contributed by atoms with van der Waals surface area (Å²) < 4.78 is 10.0. The summed E-state index contributed by atoms with van der Waals surface area (Å²) in [6.45, 7) is 2.66. The second-order valence-corrected chi connectivity index (χ2v) is 6.19. The molecule has 9 heteroatoms. The molecule has 2 amide bonds. The average molecular weight is 379 g/mol. The summed E-state index contributed by atoms with van der Waals surface area (Å²) >= 11 is 0.692. The summed E-state index contributed by atoms with van der Waals surface area (Å²) in [5, 5.41) is 8.15. The van der Waals surface area contributed by atoms with Crippen LogP contribution in [0.1, 0.15) is 19.4 Å². The van der Waals surface area contributed by atoms with E-state index in [1.807, 2.05) is 0 Å². The molecular weight excluding hydrogens is 362 g/mol. The minimum atomic E-state index is -1.14. The largest absolute Gasteiger partial charge is 0.481 e. The number of esters is 1. The van der Waals surface area contributed by atoms with Crippen molar-refractivity contribution in [2.24, 2.45) is 0 Å². The van der Waals surface area contributed by atoms with Gasteiger partial charge in [0.05, 0.1) is 11.5 Å². The molecule has 0 unspecified atom stereocenters. The highest BCUT2D eigenvalue weighted by Gasteiger charge is 2.41. The van der Waals surface area contributed by atoms with Crippen molar-refractivity contribution in [3.8, 4) is 5.75 Å². The molecule has 0 saturated carbocycles. The summed E-state index contributed by atoms with van der Waals surface area (Å²) in [4.78, 5) is 48.1. The third-order valence-electron chi connectivity index (χ3n) is 3.40. The molecule has 2 rings (SSSR count). The lowest BCUT2D eigenvalue weighted by atomic mass is 10.1. The second kappa shape index (κ2) is 8.52. The third-order valence-corrected chi connectivity index (χ3v) is 4.28. The van der Waals surface area contributed by atoms with Crippen molar-refractivity contribution in [2.75, 3.05) is 13.2 Å². The molecule has 0 aliphatic carbocycles. The van der Waals surface area contributed by atoms with Gasteiger partial charge in [-0.1, -0.05) is 18.2 Å². The van der Waals surface area contributed by atoms with Crippen molar-refractivity contribution in [1.82, 2.24) is 4.90 Å². The van der Waals surface area contributed by atoms with Crippen LogP contribution in [0, 0.1) is 0 Å². The maximum atomic E-state index is 12.5. The van der Waals surface area contributed by atoms with Crippen LogP contribution in [0.4, 0.5) is 4.79 Å². The number of hydrogen-bond donors (Lipinski definition) is 1. The molecule has 1 fully saturated rings. The minimum Gasteiger partial charge on any atom is -0.481 e. The van der Waals surface area contributed by atoms with Gasteiger partial charge < -0.3 is 14.6 Å². The van der Waals surface area contributed by atoms with Crippen LogP contribution in [0.5, 0.6) is 5.75 Å². The number of para-hydroxylation sites is 1. The first-order valence-electron chi connectivity index (χ1n) is 7.72. The van der Waals surface area contributed by atoms with Crippen LogP contribution < -0.4 is 4.74 Å². The number of rotatable bonds is 7. The number of ether oxygens (including phenoxy) is 2. The second-order valence-electron chi connectivity index (χ2n) is 5.20. The summed E-state index contributed by atoms with van der Waals surface area (Å²) in [6.07, 6.45) is 1.43. The van der Waals surface area contributed by atoms with Gasteiger partial charge in [-0.2, -0.15) is 0 Å². The number of thioether (sulfide) groups is 1. The van der Waals surface area contributed by atoms with E-state index in [0.29, 0.717) is 17.3 Å². The van der Waals surface area contributed by atoms with Crippen molar-refractivity contribution < 1.29 is 33.8 Å². The van der Waals surface area contributed by atoms with Gasteiger partial charge in [-0.3, -0.25) is 14.5 Å². The Balaban J connectivity index is 2.25. The quantitative estimate of drug-likeness (QED) is 0.567. The van der Waals surface area contributed by atoms with E-state index >= 15 is 0 Å². The lowest BCUT2D eigenvalue weighted by Crippen LogP contribution is -2.42. The molecule has 0 aromatic heterocycles. The highest BCUT2D eigenvalue weighted by Crippen LogP contribution is 2.35. The Bertz CT molecular complexity index is 774. The fraction of sp³-hybridized carbons (Fsp3) is 0.294. The SMILES string of the molecule is CCOC(=O)[C@@H](C)N1C(=O)S/C(=C/c2ccccc2OCC(=O)O)C1=O. The number of carboxylic acids is 1. The molecule has 138 valence electrons. The normalized spacial score (nSPS) is 16.7. The molecule has 1 N–H and O–H groups in total. The molecule has 1 aromatic rings. The topological polar surface area (TPSA) is 110 Å². The Morgan fingerprint density at radius 1 is 1.31 bits per heavy atom. The van der Waals surface area contributed by atoms with Crippen LogP contribution in [0.2, 0.25) is 0 Å². The number of hydrogen-bond acceptors (Lipinski definition) is 7. The minimum absolute atomic E-state index is 0.109. The van der Waals surface area contributed by atoms with E-state index in [0.717, 1.165) is 4.90 Å². The van der Waals surface area contributed by atoms with Crippen LogP contribution in [0.3, 0.4) is 0 Å². The fourth-order valence-corrected chi connectivity index (χ4v) is 3.09. The highest BCUT2D eigenvalue weighted by atomic mass is 32.2. The smallest absolute Gasteiger partial charge is 0.341 e. The van der Waals surface area contributed by atoms with Crippen LogP contribution >= 0.6 is 11.8 Å². The first-order chi connectivity index (χ1) is 12.3. The van der Waals surface area contributed by atoms with E-state index in [1.165, 1.54) is 13.0 Å². The Labute approximate surface area is 153 Å². The van der Waals surface area contributed by atoms with Gasteiger partial charge in [0.15, 0.2) is 6.61 Å². The maximum Gasteiger partial charge on any atom is 0.341 e. The van der Waals surface area contributed by atoms with Crippen molar-refractivity contribution in [3.63, 3.8) is 0 Å². The predicted molar refractivity (Wildman–Crippen MR) is 93.5 cm³/mol. The Morgan fingerprint density at radius 3 is 2.65 bits per heavy atom. The molecule has 26 heavy (non-hydrogen) atoms. The molecule has 1 aromatic carbocycles. The number of carboxylic acid groups (broad SMARTS) is 1. The van der Waals surface area contributed by atoms with Gasteiger partial charge in [0.2, 0.25) is 0 Å². The zero-order valence-electron chi connectivity index (χ0n) is 14.1. The molecule has 0 radical (unpaired) electrons. The van der Waals surface area contributed by atoms with Gasteiger partial charge >= 0.3 is 11.9 Å². The first kappa shape index (κ1) is 19.5. The molecule has 1 aliphatic heterocycles. The van der Waals surface area contributed by atoms with E-state index in [-0.39, 0.29) is 17.3 Å². The van der Waals surface area contributed by atoms with E-state index in [1.54, 1.807) is 31.2 Å². The maximum absolute atomic E-state index is 12.5. The molecular formula is C17H17NO7S. The monoisotopic (exact) mass is 379 g/mol. The standard InChI is InChI=1S/C17H17NO7S/c1-3-24-16(22)10(2)18-15(21)13(26-17(18)23)8-11-6-4-5-7-12(11)25-9-14(19)20/h4-8,10H,3,9H2,1-2H3,(H,19,20)/b13-8+/t10-/m1/s1. The molecule has 1 heterocycles. The van der Waals surface area contributed by atoms with Crippen molar-refractivity contribution >= 4 is 40.9 Å². The molecule has 1 aliphatic rings. The fourth-order valence-electron chi connectivity index (χ4n) is 2.19. The van der Waals surface area contributed by atoms with Crippen LogP contribution in [0.25, 0.3) is 6.08 Å². The molecule has 0 spiro atoms. The number of benzene rings is 1. The van der Waals surface area contributed by atoms with Crippen molar-refractivity contribution in [1.29, 1.82) is 0 Å². The number of amides is 2. The van der Waals surface area contributed by atoms with Gasteiger partial charge in [-0.25, -0.2) is 9.59 Å². The summed E-state index contributed by atoms with van der Waals surface area (Å²) in [7, 11) is 0. The first-order valence-corrected chi connectivity index (χ1v) is 8.54. The average Bonchev–Trinajstić information content (AvgIpc) is 2.87. The van der Waals surface area contributed by atoms with Crippen LogP contribution in [-0.4, -0.2) is 52.3 Å². The number of carbonyl (C=O) groups excluding carboxylic acids is 3. The van der Waals surface area contributed by atoms with Crippen LogP contribution in [-0.2, 0) is 19.1 Å². The lowest BCUT2D eigenvalue weighted by Gasteiger charge is -2.19. The number of imide groups is 1. The Morgan fingerprint density at radius 2 is 2.00 bits per heavy atom. The van der Waals surface area contributed by atoms with Gasteiger partial charge in [0, 0.05) is 5.56 Å². The molecule has 1 saturated heterocycles. The summed E-state index contributed by atoms with van der Waals surface area (Å²) in [6, 6.07) is 5.49. The molecule has 8 nitrogen and oxygen atoms in total. The van der Waals surface area contributed by atoms with Gasteiger partial charge in [0.25, 0.3) is 11.1 Å². The van der Waals surface area contributed by atoms with Gasteiger partial charge in [-0.15, -0.1) is 0 Å². The zero-order chi connectivity index (χ0) is 19.3. The lowest BCUT2D eigenvalue weighted by molar-refractivity contribution is -0.150. The van der Waals surface area contributed by atoms with E-state index in [9.17, 15) is 19.2 Å². The highest BCUT2D eigenvalue weighted by molar-refractivity contribution is 8.18. The predicted octanol–water partition coefficient (Wildman–Crippen LogP) is 2.14. The molecule has 0 bridgehead atoms. The van der Waals surface area contributed by atoms with E-state index in [2.05, 4.69) is 0 Å². The molecule has 1 atom stereocenters.